The Hall–Kier alpha value is -0.120. The first-order valence-electron chi connectivity index (χ1n) is 3.89. The van der Waals surface area contributed by atoms with Crippen LogP contribution in [0.25, 0.3) is 0 Å². The Labute approximate surface area is 63.2 Å². The number of nitrogens with two attached hydrogens (primary N) is 2. The van der Waals surface area contributed by atoms with E-state index in [1.807, 2.05) is 0 Å². The quantitative estimate of drug-likeness (QED) is 0.496. The Bertz CT molecular complexity index is 65.3. The third kappa shape index (κ3) is 4.73. The van der Waals surface area contributed by atoms with Crippen LogP contribution in [0.4, 0.5) is 0 Å². The fourth-order valence-corrected chi connectivity index (χ4v) is 0.580. The standard InChI is InChI=1S/C7H19N3/c1-3-6(2)10-5-7(9)4-8/h6-7,10H,3-5,8-9H2,1-2H3. The van der Waals surface area contributed by atoms with Crippen molar-refractivity contribution in [3.63, 3.8) is 0 Å². The summed E-state index contributed by atoms with van der Waals surface area (Å²) >= 11 is 0. The Kier molecular flexibility index (Phi) is 5.58. The van der Waals surface area contributed by atoms with Crippen molar-refractivity contribution in [2.24, 2.45) is 11.5 Å². The molecule has 0 saturated heterocycles. The van der Waals surface area contributed by atoms with Crippen LogP contribution in [0, 0.1) is 0 Å². The molecule has 0 aromatic heterocycles. The lowest BCUT2D eigenvalue weighted by Gasteiger charge is -2.14. The van der Waals surface area contributed by atoms with Crippen LogP contribution in [0.3, 0.4) is 0 Å². The van der Waals surface area contributed by atoms with Gasteiger partial charge in [0, 0.05) is 25.2 Å². The molecule has 0 rings (SSSR count). The Morgan fingerprint density at radius 1 is 1.50 bits per heavy atom. The van der Waals surface area contributed by atoms with Crippen molar-refractivity contribution in [3.05, 3.63) is 0 Å². The summed E-state index contributed by atoms with van der Waals surface area (Å²) in [7, 11) is 0. The van der Waals surface area contributed by atoms with Gasteiger partial charge in [0.05, 0.1) is 0 Å². The van der Waals surface area contributed by atoms with Crippen molar-refractivity contribution in [3.8, 4) is 0 Å². The maximum atomic E-state index is 5.59. The summed E-state index contributed by atoms with van der Waals surface area (Å²) < 4.78 is 0. The van der Waals surface area contributed by atoms with Gasteiger partial charge in [-0.25, -0.2) is 0 Å². The summed E-state index contributed by atoms with van der Waals surface area (Å²) in [4.78, 5) is 0. The van der Waals surface area contributed by atoms with Crippen LogP contribution in [0.5, 0.6) is 0 Å². The summed E-state index contributed by atoms with van der Waals surface area (Å²) in [5, 5.41) is 3.28. The van der Waals surface area contributed by atoms with Gasteiger partial charge in [-0.1, -0.05) is 6.92 Å². The van der Waals surface area contributed by atoms with E-state index in [1.165, 1.54) is 0 Å². The molecule has 5 N–H and O–H groups in total. The van der Waals surface area contributed by atoms with Crippen LogP contribution >= 0.6 is 0 Å². The molecule has 0 aromatic carbocycles. The minimum Gasteiger partial charge on any atom is -0.329 e. The van der Waals surface area contributed by atoms with E-state index in [0.29, 0.717) is 12.6 Å². The Morgan fingerprint density at radius 3 is 2.50 bits per heavy atom. The zero-order valence-electron chi connectivity index (χ0n) is 6.93. The lowest BCUT2D eigenvalue weighted by atomic mass is 10.2. The maximum Gasteiger partial charge on any atom is 0.0290 e. The van der Waals surface area contributed by atoms with Gasteiger partial charge in [-0.15, -0.1) is 0 Å². The van der Waals surface area contributed by atoms with Crippen molar-refractivity contribution in [2.75, 3.05) is 13.1 Å². The average molecular weight is 145 g/mol. The second-order valence-electron chi connectivity index (χ2n) is 2.71. The predicted octanol–water partition coefficient (Wildman–Crippen LogP) is -0.339. The van der Waals surface area contributed by atoms with Gasteiger partial charge in [0.1, 0.15) is 0 Å². The molecule has 0 amide bonds. The molecule has 0 fully saturated rings. The van der Waals surface area contributed by atoms with E-state index < -0.39 is 0 Å². The van der Waals surface area contributed by atoms with E-state index in [9.17, 15) is 0 Å². The molecule has 2 atom stereocenters. The van der Waals surface area contributed by atoms with Crippen molar-refractivity contribution in [1.29, 1.82) is 0 Å². The first-order valence-corrected chi connectivity index (χ1v) is 3.89. The number of hydrogen-bond acceptors (Lipinski definition) is 3. The summed E-state index contributed by atoms with van der Waals surface area (Å²) in [6.07, 6.45) is 1.14. The highest BCUT2D eigenvalue weighted by Gasteiger charge is 2.00. The molecule has 62 valence electrons. The molecule has 0 aliphatic heterocycles. The molecular formula is C7H19N3. The van der Waals surface area contributed by atoms with Crippen LogP contribution in [-0.4, -0.2) is 25.2 Å². The summed E-state index contributed by atoms with van der Waals surface area (Å²) in [6, 6.07) is 0.659. The highest BCUT2D eigenvalue weighted by Crippen LogP contribution is 1.86. The van der Waals surface area contributed by atoms with Gasteiger partial charge in [-0.2, -0.15) is 0 Å². The van der Waals surface area contributed by atoms with Crippen LogP contribution < -0.4 is 16.8 Å². The zero-order chi connectivity index (χ0) is 7.98. The molecule has 3 heteroatoms. The lowest BCUT2D eigenvalue weighted by Crippen LogP contribution is -2.42. The highest BCUT2D eigenvalue weighted by molar-refractivity contribution is 4.67. The highest BCUT2D eigenvalue weighted by atomic mass is 14.9. The van der Waals surface area contributed by atoms with Crippen molar-refractivity contribution >= 4 is 0 Å². The van der Waals surface area contributed by atoms with Gasteiger partial charge < -0.3 is 16.8 Å². The third-order valence-corrected chi connectivity index (χ3v) is 1.64. The third-order valence-electron chi connectivity index (χ3n) is 1.64. The minimum absolute atomic E-state index is 0.106. The van der Waals surface area contributed by atoms with E-state index in [4.69, 9.17) is 11.5 Å². The van der Waals surface area contributed by atoms with Gasteiger partial charge in [0.15, 0.2) is 0 Å². The molecule has 0 aliphatic rings. The molecule has 0 heterocycles. The number of nitrogens with one attached hydrogen (secondary N) is 1. The first-order chi connectivity index (χ1) is 4.70. The van der Waals surface area contributed by atoms with E-state index in [1.54, 1.807) is 0 Å². The van der Waals surface area contributed by atoms with E-state index in [-0.39, 0.29) is 6.04 Å². The smallest absolute Gasteiger partial charge is 0.0290 e. The van der Waals surface area contributed by atoms with Crippen molar-refractivity contribution in [1.82, 2.24) is 5.32 Å². The monoisotopic (exact) mass is 145 g/mol. The summed E-state index contributed by atoms with van der Waals surface area (Å²) in [6.45, 7) is 5.67. The van der Waals surface area contributed by atoms with Crippen molar-refractivity contribution < 1.29 is 0 Å². The first kappa shape index (κ1) is 9.88. The van der Waals surface area contributed by atoms with Gasteiger partial charge in [-0.3, -0.25) is 0 Å². The lowest BCUT2D eigenvalue weighted by molar-refractivity contribution is 0.495. The fraction of sp³-hybridized carbons (Fsp3) is 1.00. The van der Waals surface area contributed by atoms with Gasteiger partial charge in [0.25, 0.3) is 0 Å². The zero-order valence-corrected chi connectivity index (χ0v) is 6.93. The molecule has 2 unspecified atom stereocenters. The normalized spacial score (nSPS) is 16.8. The van der Waals surface area contributed by atoms with Crippen LogP contribution in [0.2, 0.25) is 0 Å². The van der Waals surface area contributed by atoms with E-state index in [0.717, 1.165) is 13.0 Å². The van der Waals surface area contributed by atoms with Crippen LogP contribution in [-0.2, 0) is 0 Å². The topological polar surface area (TPSA) is 64.1 Å². The SMILES string of the molecule is CCC(C)NCC(N)CN. The molecule has 0 radical (unpaired) electrons. The molecule has 3 nitrogen and oxygen atoms in total. The number of hydrogen-bond donors (Lipinski definition) is 3. The molecule has 0 aromatic rings. The van der Waals surface area contributed by atoms with Gasteiger partial charge in [0.2, 0.25) is 0 Å². The van der Waals surface area contributed by atoms with Gasteiger partial charge in [-0.05, 0) is 13.3 Å². The molecular weight excluding hydrogens is 126 g/mol. The molecule has 0 aliphatic carbocycles. The molecule has 10 heavy (non-hydrogen) atoms. The predicted molar refractivity (Wildman–Crippen MR) is 44.8 cm³/mol. The molecule has 0 spiro atoms. The Balaban J connectivity index is 3.17. The second kappa shape index (κ2) is 5.65. The fourth-order valence-electron chi connectivity index (χ4n) is 0.580. The second-order valence-corrected chi connectivity index (χ2v) is 2.71. The minimum atomic E-state index is 0.106. The summed E-state index contributed by atoms with van der Waals surface area (Å²) in [5.41, 5.74) is 10.9. The van der Waals surface area contributed by atoms with Crippen LogP contribution in [0.15, 0.2) is 0 Å². The van der Waals surface area contributed by atoms with Crippen LogP contribution in [0.1, 0.15) is 20.3 Å². The summed E-state index contributed by atoms with van der Waals surface area (Å²) in [5.74, 6) is 0. The van der Waals surface area contributed by atoms with Gasteiger partial charge >= 0.3 is 0 Å². The van der Waals surface area contributed by atoms with E-state index >= 15 is 0 Å². The number of rotatable bonds is 5. The maximum absolute atomic E-state index is 5.59. The van der Waals surface area contributed by atoms with Crippen molar-refractivity contribution in [2.45, 2.75) is 32.4 Å². The average Bonchev–Trinajstić information content (AvgIpc) is 1.99. The molecule has 0 bridgehead atoms. The Morgan fingerprint density at radius 2 is 2.10 bits per heavy atom. The van der Waals surface area contributed by atoms with E-state index in [2.05, 4.69) is 19.2 Å². The largest absolute Gasteiger partial charge is 0.329 e. The molecule has 0 saturated carbocycles.